The molecule has 0 radical (unpaired) electrons. The van der Waals surface area contributed by atoms with E-state index < -0.39 is 0 Å². The summed E-state index contributed by atoms with van der Waals surface area (Å²) in [4.78, 5) is 16.1. The van der Waals surface area contributed by atoms with E-state index in [1.165, 1.54) is 0 Å². The Bertz CT molecular complexity index is 766. The maximum Gasteiger partial charge on any atom is 0.318 e. The summed E-state index contributed by atoms with van der Waals surface area (Å²) in [5.41, 5.74) is 2.39. The molecule has 1 atom stereocenters. The minimum atomic E-state index is -0.0287. The van der Waals surface area contributed by atoms with Crippen molar-refractivity contribution in [3.63, 3.8) is 0 Å². The smallest absolute Gasteiger partial charge is 0.281 e. The normalized spacial score (nSPS) is 17.6. The van der Waals surface area contributed by atoms with Crippen LogP contribution in [0.1, 0.15) is 5.69 Å². The number of thioether (sulfide) groups is 1. The number of hydrogen-bond acceptors (Lipinski definition) is 3. The highest BCUT2D eigenvalue weighted by molar-refractivity contribution is 14.1. The van der Waals surface area contributed by atoms with Crippen molar-refractivity contribution < 1.29 is 4.99 Å². The van der Waals surface area contributed by atoms with Gasteiger partial charge in [0.25, 0.3) is 0 Å². The van der Waals surface area contributed by atoms with Crippen molar-refractivity contribution in [3.05, 3.63) is 46.4 Å². The second-order valence-corrected chi connectivity index (χ2v) is 7.36. The van der Waals surface area contributed by atoms with Gasteiger partial charge in [-0.1, -0.05) is 40.8 Å². The molecule has 1 unspecified atom stereocenters. The molecule has 1 aromatic carbocycles. The predicted molar refractivity (Wildman–Crippen MR) is 100 cm³/mol. The maximum atomic E-state index is 12.8. The molecule has 2 heterocycles. The summed E-state index contributed by atoms with van der Waals surface area (Å²) in [5.74, 6) is 0. The zero-order valence-corrected chi connectivity index (χ0v) is 15.4. The Morgan fingerprint density at radius 2 is 2.14 bits per heavy atom. The minimum Gasteiger partial charge on any atom is -0.281 e. The van der Waals surface area contributed by atoms with E-state index in [1.807, 2.05) is 49.0 Å². The lowest BCUT2D eigenvalue weighted by atomic mass is 10.3. The first-order valence-corrected chi connectivity index (χ1v) is 9.47. The average molecular weight is 429 g/mol. The number of para-hydroxylation sites is 1. The highest BCUT2D eigenvalue weighted by Crippen LogP contribution is 2.19. The van der Waals surface area contributed by atoms with Crippen LogP contribution in [0.4, 0.5) is 5.69 Å². The number of rotatable bonds is 3. The van der Waals surface area contributed by atoms with Crippen molar-refractivity contribution in [1.29, 1.82) is 0 Å². The molecule has 22 heavy (non-hydrogen) atoms. The lowest BCUT2D eigenvalue weighted by Crippen LogP contribution is -2.72. The zero-order chi connectivity index (χ0) is 15.7. The Labute approximate surface area is 146 Å². The average Bonchev–Trinajstić information content (AvgIpc) is 3.07. The topological polar surface area (TPSA) is 52.9 Å². The molecule has 1 aliphatic heterocycles. The number of aromatic nitrogens is 2. The van der Waals surface area contributed by atoms with Crippen molar-refractivity contribution in [2.45, 2.75) is 12.2 Å². The summed E-state index contributed by atoms with van der Waals surface area (Å²) in [6, 6.07) is 9.69. The van der Waals surface area contributed by atoms with E-state index >= 15 is 0 Å². The van der Waals surface area contributed by atoms with E-state index in [2.05, 4.69) is 32.9 Å². The fourth-order valence-corrected chi connectivity index (χ4v) is 4.18. The monoisotopic (exact) mass is 429 g/mol. The number of halogens is 1. The maximum absolute atomic E-state index is 12.8. The SMILES string of the molecule is Cc1c(NC2=[NH+]CC(CI)S2)c(=O)n(-c2ccccc2)n1C. The van der Waals surface area contributed by atoms with Gasteiger partial charge in [0.2, 0.25) is 5.69 Å². The summed E-state index contributed by atoms with van der Waals surface area (Å²) >= 11 is 4.15. The van der Waals surface area contributed by atoms with Gasteiger partial charge in [0.15, 0.2) is 0 Å². The molecule has 0 bridgehead atoms. The molecular formula is C15H18IN4OS+. The molecule has 1 aromatic heterocycles. The fourth-order valence-electron chi connectivity index (χ4n) is 2.44. The van der Waals surface area contributed by atoms with E-state index in [4.69, 9.17) is 0 Å². The molecule has 0 fully saturated rings. The van der Waals surface area contributed by atoms with E-state index in [1.54, 1.807) is 16.4 Å². The largest absolute Gasteiger partial charge is 0.318 e. The number of hydrogen-bond donors (Lipinski definition) is 2. The molecule has 0 aliphatic carbocycles. The Balaban J connectivity index is 1.96. The standard InChI is InChI=1S/C15H17IN4OS/c1-10-13(18-15-17-9-12(8-16)22-15)14(21)20(19(10)2)11-6-4-3-5-7-11/h3-7,12H,8-9H2,1-2H3,(H,17,18)/p+1. The molecule has 0 spiro atoms. The van der Waals surface area contributed by atoms with Crippen molar-refractivity contribution >= 4 is 45.2 Å². The number of nitrogens with zero attached hydrogens (tertiary/aromatic N) is 2. The number of nitrogens with one attached hydrogen (secondary N) is 2. The lowest BCUT2D eigenvalue weighted by molar-refractivity contribution is -0.448. The number of alkyl halides is 1. The van der Waals surface area contributed by atoms with E-state index in [-0.39, 0.29) is 5.56 Å². The van der Waals surface area contributed by atoms with Crippen LogP contribution in [0.15, 0.2) is 35.1 Å². The molecule has 116 valence electrons. The Hall–Kier alpha value is -1.22. The number of amidine groups is 1. The van der Waals surface area contributed by atoms with Gasteiger partial charge < -0.3 is 0 Å². The van der Waals surface area contributed by atoms with Crippen LogP contribution in [0.2, 0.25) is 0 Å². The highest BCUT2D eigenvalue weighted by Gasteiger charge is 2.27. The molecule has 1 aliphatic rings. The van der Waals surface area contributed by atoms with E-state index in [9.17, 15) is 4.79 Å². The van der Waals surface area contributed by atoms with Gasteiger partial charge in [0.05, 0.1) is 23.2 Å². The van der Waals surface area contributed by atoms with Crippen LogP contribution in [-0.4, -0.2) is 30.8 Å². The van der Waals surface area contributed by atoms with Crippen LogP contribution >= 0.6 is 34.4 Å². The number of benzene rings is 1. The van der Waals surface area contributed by atoms with Crippen LogP contribution < -0.4 is 15.9 Å². The number of anilines is 1. The molecule has 2 aromatic rings. The summed E-state index contributed by atoms with van der Waals surface area (Å²) in [6.45, 7) is 2.90. The molecule has 3 rings (SSSR count). The predicted octanol–water partition coefficient (Wildman–Crippen LogP) is 0.883. The first-order chi connectivity index (χ1) is 10.6. The van der Waals surface area contributed by atoms with Gasteiger partial charge in [0, 0.05) is 11.5 Å². The molecular weight excluding hydrogens is 411 g/mol. The van der Waals surface area contributed by atoms with Crippen molar-refractivity contribution in [1.82, 2.24) is 9.36 Å². The third kappa shape index (κ3) is 2.83. The van der Waals surface area contributed by atoms with Gasteiger partial charge in [-0.25, -0.2) is 10.00 Å². The van der Waals surface area contributed by atoms with E-state index in [0.717, 1.165) is 27.5 Å². The van der Waals surface area contributed by atoms with Crippen LogP contribution in [-0.2, 0) is 7.05 Å². The van der Waals surface area contributed by atoms with Crippen LogP contribution in [0.3, 0.4) is 0 Å². The van der Waals surface area contributed by atoms with Crippen LogP contribution in [0, 0.1) is 6.92 Å². The fraction of sp³-hybridized carbons (Fsp3) is 0.333. The molecule has 0 amide bonds. The third-order valence-electron chi connectivity index (χ3n) is 3.74. The van der Waals surface area contributed by atoms with Crippen molar-refractivity contribution in [3.8, 4) is 5.69 Å². The summed E-state index contributed by atoms with van der Waals surface area (Å²) in [5, 5.41) is 4.81. The minimum absolute atomic E-state index is 0.0287. The summed E-state index contributed by atoms with van der Waals surface area (Å²) < 4.78 is 4.66. The first kappa shape index (κ1) is 15.7. The van der Waals surface area contributed by atoms with Crippen molar-refractivity contribution in [2.75, 3.05) is 16.3 Å². The van der Waals surface area contributed by atoms with Gasteiger partial charge in [-0.3, -0.25) is 14.5 Å². The van der Waals surface area contributed by atoms with Gasteiger partial charge >= 0.3 is 10.7 Å². The van der Waals surface area contributed by atoms with Gasteiger partial charge in [-0.2, -0.15) is 0 Å². The molecule has 7 heteroatoms. The van der Waals surface area contributed by atoms with Crippen molar-refractivity contribution in [2.24, 2.45) is 7.05 Å². The molecule has 0 saturated heterocycles. The molecule has 5 nitrogen and oxygen atoms in total. The zero-order valence-electron chi connectivity index (χ0n) is 12.5. The second kappa shape index (κ2) is 6.49. The molecule has 2 N–H and O–H groups in total. The first-order valence-electron chi connectivity index (χ1n) is 7.06. The molecule has 0 saturated carbocycles. The van der Waals surface area contributed by atoms with E-state index in [0.29, 0.717) is 10.9 Å². The Morgan fingerprint density at radius 1 is 1.41 bits per heavy atom. The summed E-state index contributed by atoms with van der Waals surface area (Å²) in [6.07, 6.45) is 0. The van der Waals surface area contributed by atoms with Gasteiger partial charge in [-0.15, -0.1) is 0 Å². The lowest BCUT2D eigenvalue weighted by Gasteiger charge is -2.06. The Morgan fingerprint density at radius 3 is 2.77 bits per heavy atom. The van der Waals surface area contributed by atoms with Crippen LogP contribution in [0.25, 0.3) is 5.69 Å². The highest BCUT2D eigenvalue weighted by atomic mass is 127. The van der Waals surface area contributed by atoms with Gasteiger partial charge in [0.1, 0.15) is 0 Å². The van der Waals surface area contributed by atoms with Gasteiger partial charge in [-0.05, 0) is 30.8 Å². The second-order valence-electron chi connectivity index (χ2n) is 5.17. The summed E-state index contributed by atoms with van der Waals surface area (Å²) in [7, 11) is 1.91. The van der Waals surface area contributed by atoms with Crippen LogP contribution in [0.5, 0.6) is 0 Å². The third-order valence-corrected chi connectivity index (χ3v) is 6.55. The quantitative estimate of drug-likeness (QED) is 0.563. The Kier molecular flexibility index (Phi) is 4.62.